The van der Waals surface area contributed by atoms with Crippen LogP contribution in [-0.4, -0.2) is 48.2 Å². The normalized spacial score (nSPS) is 15.4. The van der Waals surface area contributed by atoms with Crippen molar-refractivity contribution in [3.05, 3.63) is 0 Å². The molecule has 146 valence electrons. The second-order valence-electron chi connectivity index (χ2n) is 3.53. The number of hydrogen-bond acceptors (Lipinski definition) is 2. The molecule has 1 heterocycles. The molecule has 1 rings (SSSR count). The van der Waals surface area contributed by atoms with Crippen LogP contribution >= 0.6 is 0 Å². The minimum Gasteiger partial charge on any atom is -1.00 e. The average molecular weight is 401 g/mol. The Morgan fingerprint density at radius 2 is 0.917 bits per heavy atom. The van der Waals surface area contributed by atoms with Gasteiger partial charge in [0.2, 0.25) is 0 Å². The van der Waals surface area contributed by atoms with Crippen molar-refractivity contribution in [1.29, 1.82) is 0 Å². The molecule has 0 saturated carbocycles. The predicted molar refractivity (Wildman–Crippen MR) is 62.5 cm³/mol. The Kier molecular flexibility index (Phi) is 20.7. The van der Waals surface area contributed by atoms with Crippen molar-refractivity contribution in [2.24, 2.45) is 0 Å². The number of halogens is 12. The largest absolute Gasteiger partial charge is 1.00 e. The van der Waals surface area contributed by atoms with E-state index in [2.05, 4.69) is 0 Å². The number of hydrogen-bond donors (Lipinski definition) is 0. The summed E-state index contributed by atoms with van der Waals surface area (Å²) >= 11 is 0. The molecule has 0 aromatic rings. The molecular formula is C6H13B3F12NaO2-3. The standard InChI is InChI=1S/C6H12O2.3BF4.Na.H/c1-7-6-2-4-8-5-3-6;3*2-1(3,4)5;;/h6H,2-5H2,1H3;;;;;/q;3*-1;+1;-1. The summed E-state index contributed by atoms with van der Waals surface area (Å²) in [5.41, 5.74) is 0. The fourth-order valence-corrected chi connectivity index (χ4v) is 0.912. The van der Waals surface area contributed by atoms with Crippen molar-refractivity contribution >= 4 is 21.8 Å². The average Bonchev–Trinajstić information content (AvgIpc) is 2.23. The van der Waals surface area contributed by atoms with Crippen molar-refractivity contribution < 1.29 is 92.2 Å². The molecule has 0 aliphatic carbocycles. The van der Waals surface area contributed by atoms with Gasteiger partial charge >= 0.3 is 51.3 Å². The van der Waals surface area contributed by atoms with E-state index in [1.165, 1.54) is 0 Å². The predicted octanol–water partition coefficient (Wildman–Crippen LogP) is 1.83. The zero-order valence-electron chi connectivity index (χ0n) is 13.5. The summed E-state index contributed by atoms with van der Waals surface area (Å²) in [6, 6.07) is 0. The summed E-state index contributed by atoms with van der Waals surface area (Å²) in [5.74, 6) is 0. The van der Waals surface area contributed by atoms with Gasteiger partial charge in [-0.1, -0.05) is 0 Å². The maximum absolute atomic E-state index is 9.75. The van der Waals surface area contributed by atoms with Crippen LogP contribution in [0.3, 0.4) is 0 Å². The van der Waals surface area contributed by atoms with Gasteiger partial charge in [0.05, 0.1) is 6.10 Å². The van der Waals surface area contributed by atoms with E-state index in [0.29, 0.717) is 6.10 Å². The molecule has 1 aliphatic heterocycles. The Balaban J connectivity index is -0.0000000714. The fourth-order valence-electron chi connectivity index (χ4n) is 0.912. The number of ether oxygens (including phenoxy) is 2. The molecule has 0 atom stereocenters. The first kappa shape index (κ1) is 32.0. The molecule has 0 N–H and O–H groups in total. The molecular weight excluding hydrogens is 387 g/mol. The van der Waals surface area contributed by atoms with Crippen LogP contribution in [0.5, 0.6) is 0 Å². The van der Waals surface area contributed by atoms with Crippen LogP contribution in [-0.2, 0) is 9.47 Å². The van der Waals surface area contributed by atoms with Crippen molar-refractivity contribution in [3.8, 4) is 0 Å². The second-order valence-corrected chi connectivity index (χ2v) is 3.53. The van der Waals surface area contributed by atoms with Gasteiger partial charge in [-0.15, -0.1) is 0 Å². The number of rotatable bonds is 1. The van der Waals surface area contributed by atoms with Crippen LogP contribution < -0.4 is 29.6 Å². The molecule has 0 spiro atoms. The van der Waals surface area contributed by atoms with Gasteiger partial charge in [-0.05, 0) is 12.8 Å². The molecule has 0 aromatic heterocycles. The van der Waals surface area contributed by atoms with Gasteiger partial charge in [0.25, 0.3) is 0 Å². The minimum atomic E-state index is -6.00. The van der Waals surface area contributed by atoms with Gasteiger partial charge in [-0.2, -0.15) is 0 Å². The van der Waals surface area contributed by atoms with E-state index in [1.807, 2.05) is 0 Å². The first-order valence-electron chi connectivity index (χ1n) is 5.66. The van der Waals surface area contributed by atoms with E-state index in [1.54, 1.807) is 7.11 Å². The van der Waals surface area contributed by atoms with Gasteiger partial charge in [-0.3, -0.25) is 0 Å². The van der Waals surface area contributed by atoms with Crippen molar-refractivity contribution in [2.45, 2.75) is 18.9 Å². The third kappa shape index (κ3) is 95.5. The summed E-state index contributed by atoms with van der Waals surface area (Å²) in [6.45, 7) is 1.75. The van der Waals surface area contributed by atoms with Crippen LogP contribution in [0.4, 0.5) is 51.8 Å². The molecule has 18 heteroatoms. The monoisotopic (exact) mass is 401 g/mol. The zero-order chi connectivity index (χ0) is 19.3. The smallest absolute Gasteiger partial charge is 1.00 e. The minimum absolute atomic E-state index is 0. The summed E-state index contributed by atoms with van der Waals surface area (Å²) < 4.78 is 127. The van der Waals surface area contributed by atoms with Crippen LogP contribution in [0, 0.1) is 0 Å². The summed E-state index contributed by atoms with van der Waals surface area (Å²) in [7, 11) is -16.2. The van der Waals surface area contributed by atoms with E-state index >= 15 is 0 Å². The molecule has 2 nitrogen and oxygen atoms in total. The van der Waals surface area contributed by atoms with E-state index in [9.17, 15) is 51.8 Å². The Hall–Kier alpha value is 0.275. The first-order chi connectivity index (χ1) is 9.93. The van der Waals surface area contributed by atoms with Gasteiger partial charge in [-0.25, -0.2) is 0 Å². The van der Waals surface area contributed by atoms with E-state index in [-0.39, 0.29) is 31.0 Å². The van der Waals surface area contributed by atoms with E-state index in [4.69, 9.17) is 9.47 Å². The van der Waals surface area contributed by atoms with Crippen molar-refractivity contribution in [1.82, 2.24) is 0 Å². The van der Waals surface area contributed by atoms with Crippen molar-refractivity contribution in [2.75, 3.05) is 20.3 Å². The van der Waals surface area contributed by atoms with Crippen LogP contribution in [0.15, 0.2) is 0 Å². The van der Waals surface area contributed by atoms with Gasteiger partial charge in [0, 0.05) is 20.3 Å². The maximum Gasteiger partial charge on any atom is 1.00 e. The van der Waals surface area contributed by atoms with Crippen LogP contribution in [0.2, 0.25) is 0 Å². The summed E-state index contributed by atoms with van der Waals surface area (Å²) in [6.07, 6.45) is 2.59. The zero-order valence-corrected chi connectivity index (χ0v) is 14.5. The molecule has 0 radical (unpaired) electrons. The van der Waals surface area contributed by atoms with Crippen molar-refractivity contribution in [3.63, 3.8) is 0 Å². The van der Waals surface area contributed by atoms with Crippen LogP contribution in [0.25, 0.3) is 0 Å². The van der Waals surface area contributed by atoms with Gasteiger partial charge < -0.3 is 62.7 Å². The first-order valence-corrected chi connectivity index (χ1v) is 5.66. The van der Waals surface area contributed by atoms with Gasteiger partial charge in [0.1, 0.15) is 0 Å². The second kappa shape index (κ2) is 15.5. The molecule has 0 amide bonds. The van der Waals surface area contributed by atoms with Gasteiger partial charge in [0.15, 0.2) is 0 Å². The Morgan fingerprint density at radius 3 is 1.04 bits per heavy atom. The summed E-state index contributed by atoms with van der Waals surface area (Å²) in [5, 5.41) is 0. The summed E-state index contributed by atoms with van der Waals surface area (Å²) in [4.78, 5) is 0. The fraction of sp³-hybridized carbons (Fsp3) is 1.00. The maximum atomic E-state index is 9.75. The van der Waals surface area contributed by atoms with Crippen LogP contribution in [0.1, 0.15) is 14.3 Å². The van der Waals surface area contributed by atoms with E-state index < -0.39 is 21.8 Å². The molecule has 1 saturated heterocycles. The third-order valence-corrected chi connectivity index (χ3v) is 1.50. The van der Waals surface area contributed by atoms with E-state index in [0.717, 1.165) is 26.1 Å². The Bertz CT molecular complexity index is 227. The third-order valence-electron chi connectivity index (χ3n) is 1.50. The Morgan fingerprint density at radius 1 is 0.708 bits per heavy atom. The Labute approximate surface area is 153 Å². The quantitative estimate of drug-likeness (QED) is 0.494. The molecule has 0 aromatic carbocycles. The molecule has 24 heavy (non-hydrogen) atoms. The topological polar surface area (TPSA) is 18.5 Å². The molecule has 0 unspecified atom stereocenters. The molecule has 1 aliphatic rings. The molecule has 1 fully saturated rings. The SMILES string of the molecule is COC1CCOCC1.F[B-](F)(F)F.F[B-](F)(F)F.F[B-](F)(F)F.[H-].[Na+]. The molecule has 0 bridgehead atoms. The number of methoxy groups -OCH3 is 1.